The number of carbonyl (C=O) groups is 1. The molecule has 2 aliphatic rings. The molecule has 0 spiro atoms. The molecule has 0 aliphatic carbocycles. The van der Waals surface area contributed by atoms with Gasteiger partial charge in [0.1, 0.15) is 5.75 Å². The minimum atomic E-state index is 0.0444. The number of hydrogen-bond acceptors (Lipinski definition) is 4. The lowest BCUT2D eigenvalue weighted by molar-refractivity contribution is -0.141. The van der Waals surface area contributed by atoms with Crippen LogP contribution in [-0.4, -0.2) is 67.7 Å². The lowest BCUT2D eigenvalue weighted by Crippen LogP contribution is -2.63. The molecule has 5 nitrogen and oxygen atoms in total. The molecule has 0 N–H and O–H groups in total. The Morgan fingerprint density at radius 1 is 1.22 bits per heavy atom. The second-order valence-corrected chi connectivity index (χ2v) is 6.60. The highest BCUT2D eigenvalue weighted by Crippen LogP contribution is 2.22. The lowest BCUT2D eigenvalue weighted by atomic mass is 10.0. The molecule has 1 aromatic carbocycles. The maximum atomic E-state index is 12.1. The Morgan fingerprint density at radius 3 is 2.48 bits per heavy atom. The van der Waals surface area contributed by atoms with E-state index >= 15 is 0 Å². The standard InChI is InChI=1S/C17H23ClN2O3/c1-22-15-6-8-19(9-7-15)14-10-20(11-14)17(21)12-23-16-4-2-13(18)3-5-16/h2-5,14-15H,6-12H2,1H3. The highest BCUT2D eigenvalue weighted by molar-refractivity contribution is 6.30. The largest absolute Gasteiger partial charge is 0.484 e. The van der Waals surface area contributed by atoms with Crippen LogP contribution in [0.1, 0.15) is 12.8 Å². The second kappa shape index (κ2) is 7.51. The number of carbonyl (C=O) groups excluding carboxylic acids is 1. The Hall–Kier alpha value is -1.30. The number of ether oxygens (including phenoxy) is 2. The Kier molecular flexibility index (Phi) is 5.41. The van der Waals surface area contributed by atoms with E-state index in [1.807, 2.05) is 4.90 Å². The Morgan fingerprint density at radius 2 is 1.87 bits per heavy atom. The first-order chi connectivity index (χ1) is 11.2. The first kappa shape index (κ1) is 16.6. The number of likely N-dealkylation sites (tertiary alicyclic amines) is 2. The number of nitrogens with zero attached hydrogens (tertiary/aromatic N) is 2. The minimum Gasteiger partial charge on any atom is -0.484 e. The number of hydrogen-bond donors (Lipinski definition) is 0. The number of amides is 1. The van der Waals surface area contributed by atoms with E-state index in [-0.39, 0.29) is 12.5 Å². The van der Waals surface area contributed by atoms with Crippen LogP contribution in [0.5, 0.6) is 5.75 Å². The van der Waals surface area contributed by atoms with E-state index in [1.165, 1.54) is 0 Å². The molecule has 1 amide bonds. The summed E-state index contributed by atoms with van der Waals surface area (Å²) in [7, 11) is 1.78. The molecule has 126 valence electrons. The highest BCUT2D eigenvalue weighted by atomic mass is 35.5. The monoisotopic (exact) mass is 338 g/mol. The van der Waals surface area contributed by atoms with Crippen LogP contribution >= 0.6 is 11.6 Å². The Balaban J connectivity index is 1.37. The molecular formula is C17H23ClN2O3. The van der Waals surface area contributed by atoms with Gasteiger partial charge in [0.25, 0.3) is 5.91 Å². The van der Waals surface area contributed by atoms with Gasteiger partial charge in [0.15, 0.2) is 6.61 Å². The van der Waals surface area contributed by atoms with Crippen molar-refractivity contribution in [1.82, 2.24) is 9.80 Å². The van der Waals surface area contributed by atoms with E-state index < -0.39 is 0 Å². The fourth-order valence-corrected chi connectivity index (χ4v) is 3.26. The van der Waals surface area contributed by atoms with Crippen molar-refractivity contribution >= 4 is 17.5 Å². The van der Waals surface area contributed by atoms with E-state index in [9.17, 15) is 4.79 Å². The van der Waals surface area contributed by atoms with Gasteiger partial charge in [-0.2, -0.15) is 0 Å². The van der Waals surface area contributed by atoms with E-state index in [0.717, 1.165) is 39.0 Å². The maximum absolute atomic E-state index is 12.1. The molecule has 2 fully saturated rings. The van der Waals surface area contributed by atoms with Gasteiger partial charge in [0.05, 0.1) is 6.10 Å². The fourth-order valence-electron chi connectivity index (χ4n) is 3.13. The van der Waals surface area contributed by atoms with Gasteiger partial charge in [-0.25, -0.2) is 0 Å². The van der Waals surface area contributed by atoms with Crippen LogP contribution in [0.4, 0.5) is 0 Å². The van der Waals surface area contributed by atoms with Gasteiger partial charge < -0.3 is 14.4 Å². The zero-order valence-electron chi connectivity index (χ0n) is 13.4. The van der Waals surface area contributed by atoms with Crippen molar-refractivity contribution in [1.29, 1.82) is 0 Å². The third kappa shape index (κ3) is 4.16. The topological polar surface area (TPSA) is 42.0 Å². The third-order valence-corrected chi connectivity index (χ3v) is 4.97. The van der Waals surface area contributed by atoms with Crippen molar-refractivity contribution in [3.05, 3.63) is 29.3 Å². The van der Waals surface area contributed by atoms with Gasteiger partial charge >= 0.3 is 0 Å². The zero-order chi connectivity index (χ0) is 16.2. The summed E-state index contributed by atoms with van der Waals surface area (Å²) in [6.07, 6.45) is 2.57. The normalized spacial score (nSPS) is 20.3. The molecule has 0 radical (unpaired) electrons. The fraction of sp³-hybridized carbons (Fsp3) is 0.588. The molecule has 0 atom stereocenters. The average Bonchev–Trinajstić information content (AvgIpc) is 2.53. The second-order valence-electron chi connectivity index (χ2n) is 6.17. The van der Waals surface area contributed by atoms with Crippen molar-refractivity contribution < 1.29 is 14.3 Å². The number of piperidine rings is 1. The molecule has 0 saturated carbocycles. The van der Waals surface area contributed by atoms with Crippen LogP contribution in [0.2, 0.25) is 5.02 Å². The maximum Gasteiger partial charge on any atom is 0.260 e. The van der Waals surface area contributed by atoms with Crippen LogP contribution in [0.25, 0.3) is 0 Å². The zero-order valence-corrected chi connectivity index (χ0v) is 14.2. The molecule has 2 heterocycles. The summed E-state index contributed by atoms with van der Waals surface area (Å²) < 4.78 is 10.9. The van der Waals surface area contributed by atoms with Crippen LogP contribution in [0.3, 0.4) is 0 Å². The van der Waals surface area contributed by atoms with Gasteiger partial charge in [-0.15, -0.1) is 0 Å². The summed E-state index contributed by atoms with van der Waals surface area (Å²) in [6, 6.07) is 7.55. The molecule has 0 bridgehead atoms. The van der Waals surface area contributed by atoms with Gasteiger partial charge in [0.2, 0.25) is 0 Å². The lowest BCUT2D eigenvalue weighted by Gasteiger charge is -2.47. The van der Waals surface area contributed by atoms with E-state index in [4.69, 9.17) is 21.1 Å². The summed E-state index contributed by atoms with van der Waals surface area (Å²) in [5, 5.41) is 0.659. The molecule has 0 unspecified atom stereocenters. The molecule has 23 heavy (non-hydrogen) atoms. The van der Waals surface area contributed by atoms with Crippen LogP contribution in [0.15, 0.2) is 24.3 Å². The van der Waals surface area contributed by atoms with Crippen molar-refractivity contribution in [2.24, 2.45) is 0 Å². The van der Waals surface area contributed by atoms with E-state index in [2.05, 4.69) is 4.90 Å². The molecule has 2 aliphatic heterocycles. The third-order valence-electron chi connectivity index (χ3n) is 4.72. The van der Waals surface area contributed by atoms with Crippen molar-refractivity contribution in [3.8, 4) is 5.75 Å². The van der Waals surface area contributed by atoms with E-state index in [0.29, 0.717) is 22.9 Å². The molecule has 3 rings (SSSR count). The quantitative estimate of drug-likeness (QED) is 0.824. The summed E-state index contributed by atoms with van der Waals surface area (Å²) in [5.41, 5.74) is 0. The number of rotatable bonds is 5. The average molecular weight is 339 g/mol. The van der Waals surface area contributed by atoms with Gasteiger partial charge in [-0.3, -0.25) is 9.69 Å². The van der Waals surface area contributed by atoms with Crippen molar-refractivity contribution in [2.45, 2.75) is 25.0 Å². The molecule has 6 heteroatoms. The minimum absolute atomic E-state index is 0.0444. The molecule has 0 aromatic heterocycles. The summed E-state index contributed by atoms with van der Waals surface area (Å²) in [4.78, 5) is 16.5. The van der Waals surface area contributed by atoms with Crippen molar-refractivity contribution in [3.63, 3.8) is 0 Å². The predicted octanol–water partition coefficient (Wildman–Crippen LogP) is 2.04. The first-order valence-electron chi connectivity index (χ1n) is 8.08. The van der Waals surface area contributed by atoms with Crippen LogP contribution in [0, 0.1) is 0 Å². The predicted molar refractivity (Wildman–Crippen MR) is 88.9 cm³/mol. The number of halogens is 1. The van der Waals surface area contributed by atoms with Gasteiger partial charge in [-0.1, -0.05) is 11.6 Å². The highest BCUT2D eigenvalue weighted by Gasteiger charge is 2.36. The molecular weight excluding hydrogens is 316 g/mol. The smallest absolute Gasteiger partial charge is 0.260 e. The summed E-state index contributed by atoms with van der Waals surface area (Å²) >= 11 is 5.82. The first-order valence-corrected chi connectivity index (χ1v) is 8.46. The van der Waals surface area contributed by atoms with E-state index in [1.54, 1.807) is 31.4 Å². The molecule has 1 aromatic rings. The SMILES string of the molecule is COC1CCN(C2CN(C(=O)COc3ccc(Cl)cc3)C2)CC1. The van der Waals surface area contributed by atoms with Crippen LogP contribution in [-0.2, 0) is 9.53 Å². The molecule has 2 saturated heterocycles. The van der Waals surface area contributed by atoms with Gasteiger partial charge in [0, 0.05) is 44.4 Å². The number of benzene rings is 1. The van der Waals surface area contributed by atoms with Gasteiger partial charge in [-0.05, 0) is 37.1 Å². The summed E-state index contributed by atoms with van der Waals surface area (Å²) in [5.74, 6) is 0.712. The van der Waals surface area contributed by atoms with Crippen LogP contribution < -0.4 is 4.74 Å². The van der Waals surface area contributed by atoms with Crippen molar-refractivity contribution in [2.75, 3.05) is 39.9 Å². The Bertz CT molecular complexity index is 523. The Labute approximate surface area is 142 Å². The summed E-state index contributed by atoms with van der Waals surface area (Å²) in [6.45, 7) is 3.82. The number of methoxy groups -OCH3 is 1.